The second-order valence-corrected chi connectivity index (χ2v) is 9.48. The molecule has 1 aromatic heterocycles. The number of ketones is 2. The first-order valence-corrected chi connectivity index (χ1v) is 11.8. The second kappa shape index (κ2) is 7.78. The number of aromatic hydroxyl groups is 1. The molecule has 2 atom stereocenters. The van der Waals surface area contributed by atoms with Crippen LogP contribution in [0.3, 0.4) is 0 Å². The van der Waals surface area contributed by atoms with Crippen LogP contribution >= 0.6 is 0 Å². The maximum atomic E-state index is 13.7. The molecule has 6 rings (SSSR count). The maximum Gasteiger partial charge on any atom is 0.352 e. The van der Waals surface area contributed by atoms with Gasteiger partial charge in [-0.15, -0.1) is 0 Å². The summed E-state index contributed by atoms with van der Waals surface area (Å²) in [7, 11) is 0. The van der Waals surface area contributed by atoms with E-state index in [-0.39, 0.29) is 30.3 Å². The molecule has 2 aliphatic carbocycles. The van der Waals surface area contributed by atoms with E-state index < -0.39 is 23.3 Å². The Morgan fingerprint density at radius 2 is 1.69 bits per heavy atom. The summed E-state index contributed by atoms with van der Waals surface area (Å²) in [6, 6.07) is 13.2. The first-order chi connectivity index (χ1) is 17.3. The number of aromatic nitrogens is 3. The number of aryl methyl sites for hydroxylation is 1. The van der Waals surface area contributed by atoms with E-state index in [1.54, 1.807) is 56.3 Å². The zero-order chi connectivity index (χ0) is 25.3. The molecule has 0 saturated heterocycles. The average Bonchev–Trinajstić information content (AvgIpc) is 3.13. The summed E-state index contributed by atoms with van der Waals surface area (Å²) in [5, 5.41) is 10.1. The van der Waals surface area contributed by atoms with Gasteiger partial charge in [-0.25, -0.2) is 23.5 Å². The first-order valence-electron chi connectivity index (χ1n) is 11.8. The molecule has 2 aromatic carbocycles. The molecule has 36 heavy (non-hydrogen) atoms. The number of hydrogen-bond acceptors (Lipinski definition) is 5. The van der Waals surface area contributed by atoms with Gasteiger partial charge in [-0.2, -0.15) is 0 Å². The molecule has 0 saturated carbocycles. The van der Waals surface area contributed by atoms with Crippen molar-refractivity contribution in [3.8, 4) is 11.4 Å². The van der Waals surface area contributed by atoms with Crippen molar-refractivity contribution in [2.24, 2.45) is 0 Å². The SMILES string of the molecule is CC1=CC(=O)C2=C(C1=O)C(c1ccc(O)c(C)c1)C1=CCn3c(=O)n(-c4ccccc4)c(=O)n3C1C2. The van der Waals surface area contributed by atoms with Gasteiger partial charge in [0.05, 0.1) is 18.3 Å². The third kappa shape index (κ3) is 3.00. The van der Waals surface area contributed by atoms with Gasteiger partial charge in [0.25, 0.3) is 0 Å². The van der Waals surface area contributed by atoms with Crippen LogP contribution in [0.2, 0.25) is 0 Å². The van der Waals surface area contributed by atoms with Gasteiger partial charge in [0.15, 0.2) is 11.6 Å². The second-order valence-electron chi connectivity index (χ2n) is 9.48. The van der Waals surface area contributed by atoms with E-state index in [1.807, 2.05) is 12.1 Å². The van der Waals surface area contributed by atoms with Gasteiger partial charge < -0.3 is 5.11 Å². The van der Waals surface area contributed by atoms with Crippen LogP contribution in [0.5, 0.6) is 5.75 Å². The molecular weight excluding hydrogens is 458 g/mol. The highest BCUT2D eigenvalue weighted by atomic mass is 16.3. The number of carbonyl (C=O) groups excluding carboxylic acids is 2. The summed E-state index contributed by atoms with van der Waals surface area (Å²) in [6.45, 7) is 3.56. The lowest BCUT2D eigenvalue weighted by Crippen LogP contribution is -2.40. The Balaban J connectivity index is 1.60. The topological polar surface area (TPSA) is 103 Å². The Labute approximate surface area is 205 Å². The number of phenolic OH excluding ortho intramolecular Hbond substituents is 1. The van der Waals surface area contributed by atoms with E-state index in [9.17, 15) is 24.3 Å². The van der Waals surface area contributed by atoms with Gasteiger partial charge in [0, 0.05) is 29.1 Å². The van der Waals surface area contributed by atoms with Crippen LogP contribution < -0.4 is 11.4 Å². The van der Waals surface area contributed by atoms with E-state index in [0.29, 0.717) is 28.0 Å². The van der Waals surface area contributed by atoms with E-state index in [4.69, 9.17) is 0 Å². The molecule has 2 heterocycles. The van der Waals surface area contributed by atoms with Crippen LogP contribution in [0.1, 0.15) is 36.4 Å². The Morgan fingerprint density at radius 3 is 2.42 bits per heavy atom. The number of allylic oxidation sites excluding steroid dienone is 6. The minimum atomic E-state index is -0.606. The normalized spacial score (nSPS) is 20.9. The number of rotatable bonds is 2. The zero-order valence-electron chi connectivity index (χ0n) is 19.8. The highest BCUT2D eigenvalue weighted by molar-refractivity contribution is 6.23. The largest absolute Gasteiger partial charge is 0.508 e. The molecule has 0 bridgehead atoms. The van der Waals surface area contributed by atoms with E-state index in [0.717, 1.165) is 15.7 Å². The van der Waals surface area contributed by atoms with Gasteiger partial charge >= 0.3 is 11.4 Å². The Bertz CT molecular complexity index is 1690. The number of benzene rings is 2. The number of para-hydroxylation sites is 1. The summed E-state index contributed by atoms with van der Waals surface area (Å²) >= 11 is 0. The van der Waals surface area contributed by atoms with Gasteiger partial charge in [0.2, 0.25) is 0 Å². The number of phenols is 1. The molecular formula is C28H23N3O5. The third-order valence-corrected chi connectivity index (χ3v) is 7.40. The molecule has 3 aromatic rings. The van der Waals surface area contributed by atoms with E-state index in [1.165, 1.54) is 15.4 Å². The zero-order valence-corrected chi connectivity index (χ0v) is 19.8. The summed E-state index contributed by atoms with van der Waals surface area (Å²) in [5.74, 6) is -0.896. The maximum absolute atomic E-state index is 13.7. The molecule has 2 unspecified atom stereocenters. The number of nitrogens with zero attached hydrogens (tertiary/aromatic N) is 3. The van der Waals surface area contributed by atoms with Crippen LogP contribution in [0.25, 0.3) is 5.69 Å². The van der Waals surface area contributed by atoms with Gasteiger partial charge in [0.1, 0.15) is 5.75 Å². The van der Waals surface area contributed by atoms with Crippen molar-refractivity contribution >= 4 is 11.6 Å². The Kier molecular flexibility index (Phi) is 4.76. The van der Waals surface area contributed by atoms with Crippen molar-refractivity contribution in [2.45, 2.75) is 38.8 Å². The van der Waals surface area contributed by atoms with Gasteiger partial charge in [-0.05, 0) is 54.8 Å². The van der Waals surface area contributed by atoms with E-state index in [2.05, 4.69) is 0 Å². The predicted octanol–water partition coefficient (Wildman–Crippen LogP) is 2.88. The average molecular weight is 482 g/mol. The number of hydrogen-bond donors (Lipinski definition) is 1. The highest BCUT2D eigenvalue weighted by Gasteiger charge is 2.44. The van der Waals surface area contributed by atoms with Crippen LogP contribution in [0, 0.1) is 6.92 Å². The Hall–Kier alpha value is -4.46. The minimum Gasteiger partial charge on any atom is -0.508 e. The van der Waals surface area contributed by atoms with Crippen LogP contribution in [0.15, 0.2) is 92.6 Å². The van der Waals surface area contributed by atoms with Crippen molar-refractivity contribution in [2.75, 3.05) is 0 Å². The monoisotopic (exact) mass is 481 g/mol. The molecule has 0 amide bonds. The first kappa shape index (κ1) is 22.0. The smallest absolute Gasteiger partial charge is 0.352 e. The lowest BCUT2D eigenvalue weighted by atomic mass is 9.67. The van der Waals surface area contributed by atoms with Crippen molar-refractivity contribution in [1.29, 1.82) is 0 Å². The molecule has 3 aliphatic rings. The molecule has 0 spiro atoms. The molecule has 180 valence electrons. The summed E-state index contributed by atoms with van der Waals surface area (Å²) in [5.41, 5.74) is 2.85. The standard InChI is InChI=1S/C28H23N3O5/c1-15-12-17(8-9-22(15)32)24-19-10-11-29-27(35)30(18-6-4-3-5-7-18)28(36)31(29)21(19)14-20-23(33)13-16(2)26(34)25(20)24/h3-10,12-13,21,24,32H,11,14H2,1-2H3. The fraction of sp³-hybridized carbons (Fsp3) is 0.214. The lowest BCUT2D eigenvalue weighted by molar-refractivity contribution is -0.116. The van der Waals surface area contributed by atoms with Gasteiger partial charge in [-0.1, -0.05) is 36.4 Å². The van der Waals surface area contributed by atoms with Crippen molar-refractivity contribution in [1.82, 2.24) is 13.9 Å². The number of carbonyl (C=O) groups is 2. The van der Waals surface area contributed by atoms with E-state index >= 15 is 0 Å². The molecule has 0 fully saturated rings. The fourth-order valence-corrected chi connectivity index (χ4v) is 5.67. The van der Waals surface area contributed by atoms with Crippen molar-refractivity contribution in [3.05, 3.63) is 115 Å². The molecule has 1 N–H and O–H groups in total. The summed E-state index contributed by atoms with van der Waals surface area (Å²) < 4.78 is 3.96. The van der Waals surface area contributed by atoms with Gasteiger partial charge in [-0.3, -0.25) is 9.59 Å². The van der Waals surface area contributed by atoms with Crippen LogP contribution in [-0.2, 0) is 16.1 Å². The summed E-state index contributed by atoms with van der Waals surface area (Å²) in [6.07, 6.45) is 3.38. The van der Waals surface area contributed by atoms with Crippen molar-refractivity contribution < 1.29 is 14.7 Å². The van der Waals surface area contributed by atoms with Crippen molar-refractivity contribution in [3.63, 3.8) is 0 Å². The lowest BCUT2D eigenvalue weighted by Gasteiger charge is -2.39. The highest BCUT2D eigenvalue weighted by Crippen LogP contribution is 2.50. The number of Topliss-reactive ketones (excluding diaryl/α,β-unsaturated/α-hetero) is 1. The molecule has 8 nitrogen and oxygen atoms in total. The van der Waals surface area contributed by atoms with Crippen LogP contribution in [0.4, 0.5) is 0 Å². The minimum absolute atomic E-state index is 0.130. The fourth-order valence-electron chi connectivity index (χ4n) is 5.67. The molecule has 8 heteroatoms. The summed E-state index contributed by atoms with van der Waals surface area (Å²) in [4.78, 5) is 53.5. The Morgan fingerprint density at radius 1 is 0.944 bits per heavy atom. The molecule has 1 aliphatic heterocycles. The quantitative estimate of drug-likeness (QED) is 0.448. The molecule has 0 radical (unpaired) electrons. The predicted molar refractivity (Wildman–Crippen MR) is 132 cm³/mol. The number of fused-ring (bicyclic) bond motifs is 3. The van der Waals surface area contributed by atoms with Crippen LogP contribution in [-0.4, -0.2) is 30.6 Å². The third-order valence-electron chi connectivity index (χ3n) is 7.40.